The lowest BCUT2D eigenvalue weighted by atomic mass is 10.2. The van der Waals surface area contributed by atoms with E-state index in [1.807, 2.05) is 19.2 Å². The van der Waals surface area contributed by atoms with Gasteiger partial charge in [0.1, 0.15) is 5.82 Å². The Kier molecular flexibility index (Phi) is 2.53. The third-order valence-electron chi connectivity index (χ3n) is 2.22. The monoisotopic (exact) mass is 203 g/mol. The number of aromatic amines is 1. The maximum Gasteiger partial charge on any atom is 0.149 e. The topological polar surface area (TPSA) is 79.6 Å². The molecule has 15 heavy (non-hydrogen) atoms. The van der Waals surface area contributed by atoms with Crippen LogP contribution in [0.1, 0.15) is 11.1 Å². The number of rotatable bonds is 3. The standard InChI is InChI=1S/C10H13N5/c1-7-2-3-12-10(9(7)11)13-4-8-5-14-15-6-8/h2-3,5-6H,4,11H2,1H3,(H,12,13)(H,14,15). The molecule has 0 atom stereocenters. The molecule has 0 aliphatic heterocycles. The van der Waals surface area contributed by atoms with Gasteiger partial charge in [0.05, 0.1) is 11.9 Å². The lowest BCUT2D eigenvalue weighted by Gasteiger charge is -2.08. The quantitative estimate of drug-likeness (QED) is 0.702. The number of hydrogen-bond donors (Lipinski definition) is 3. The Labute approximate surface area is 87.7 Å². The SMILES string of the molecule is Cc1ccnc(NCc2cn[nH]c2)c1N. The third kappa shape index (κ3) is 2.07. The van der Waals surface area contributed by atoms with E-state index in [0.717, 1.165) is 16.9 Å². The zero-order valence-electron chi connectivity index (χ0n) is 8.49. The van der Waals surface area contributed by atoms with Gasteiger partial charge < -0.3 is 11.1 Å². The summed E-state index contributed by atoms with van der Waals surface area (Å²) in [5.74, 6) is 0.719. The third-order valence-corrected chi connectivity index (χ3v) is 2.22. The van der Waals surface area contributed by atoms with Gasteiger partial charge in [-0.2, -0.15) is 5.10 Å². The van der Waals surface area contributed by atoms with E-state index in [9.17, 15) is 0 Å². The van der Waals surface area contributed by atoms with Crippen molar-refractivity contribution in [2.45, 2.75) is 13.5 Å². The van der Waals surface area contributed by atoms with Crippen molar-refractivity contribution < 1.29 is 0 Å². The normalized spacial score (nSPS) is 10.2. The maximum atomic E-state index is 5.87. The molecule has 0 spiro atoms. The van der Waals surface area contributed by atoms with Gasteiger partial charge >= 0.3 is 0 Å². The summed E-state index contributed by atoms with van der Waals surface area (Å²) in [6.45, 7) is 2.62. The molecule has 0 aliphatic rings. The van der Waals surface area contributed by atoms with Crippen LogP contribution in [0, 0.1) is 6.92 Å². The van der Waals surface area contributed by atoms with Crippen molar-refractivity contribution in [2.75, 3.05) is 11.1 Å². The summed E-state index contributed by atoms with van der Waals surface area (Å²) in [5, 5.41) is 9.77. The van der Waals surface area contributed by atoms with Crippen LogP contribution >= 0.6 is 0 Å². The Morgan fingerprint density at radius 3 is 3.13 bits per heavy atom. The van der Waals surface area contributed by atoms with Crippen molar-refractivity contribution in [1.82, 2.24) is 15.2 Å². The maximum absolute atomic E-state index is 5.87. The number of nitrogens with two attached hydrogens (primary N) is 1. The number of anilines is 2. The molecule has 0 amide bonds. The number of nitrogens with one attached hydrogen (secondary N) is 2. The van der Waals surface area contributed by atoms with E-state index in [-0.39, 0.29) is 0 Å². The summed E-state index contributed by atoms with van der Waals surface area (Å²) in [6.07, 6.45) is 5.33. The van der Waals surface area contributed by atoms with E-state index < -0.39 is 0 Å². The molecule has 0 saturated carbocycles. The van der Waals surface area contributed by atoms with E-state index in [2.05, 4.69) is 20.5 Å². The first-order valence-corrected chi connectivity index (χ1v) is 4.70. The van der Waals surface area contributed by atoms with E-state index in [1.54, 1.807) is 12.4 Å². The van der Waals surface area contributed by atoms with Crippen molar-refractivity contribution in [2.24, 2.45) is 0 Å². The highest BCUT2D eigenvalue weighted by Gasteiger charge is 2.02. The van der Waals surface area contributed by atoms with E-state index in [1.165, 1.54) is 0 Å². The fourth-order valence-electron chi connectivity index (χ4n) is 1.27. The van der Waals surface area contributed by atoms with Crippen LogP contribution in [0.4, 0.5) is 11.5 Å². The minimum Gasteiger partial charge on any atom is -0.396 e. The first-order valence-electron chi connectivity index (χ1n) is 4.70. The molecule has 0 unspecified atom stereocenters. The van der Waals surface area contributed by atoms with Gasteiger partial charge in [0.25, 0.3) is 0 Å². The zero-order valence-corrected chi connectivity index (χ0v) is 8.49. The lowest BCUT2D eigenvalue weighted by Crippen LogP contribution is -2.04. The highest BCUT2D eigenvalue weighted by Crippen LogP contribution is 2.18. The summed E-state index contributed by atoms with van der Waals surface area (Å²) in [7, 11) is 0. The van der Waals surface area contributed by atoms with Crippen molar-refractivity contribution in [1.29, 1.82) is 0 Å². The number of nitrogen functional groups attached to an aromatic ring is 1. The molecule has 0 aliphatic carbocycles. The number of hydrogen-bond acceptors (Lipinski definition) is 4. The van der Waals surface area contributed by atoms with Gasteiger partial charge in [0.2, 0.25) is 0 Å². The van der Waals surface area contributed by atoms with Crippen molar-refractivity contribution >= 4 is 11.5 Å². The first kappa shape index (κ1) is 9.51. The summed E-state index contributed by atoms with van der Waals surface area (Å²) in [6, 6.07) is 1.89. The number of H-pyrrole nitrogens is 1. The molecule has 0 radical (unpaired) electrons. The van der Waals surface area contributed by atoms with Gasteiger partial charge in [-0.15, -0.1) is 0 Å². The van der Waals surface area contributed by atoms with Gasteiger partial charge in [0.15, 0.2) is 0 Å². The highest BCUT2D eigenvalue weighted by molar-refractivity contribution is 5.64. The van der Waals surface area contributed by atoms with Gasteiger partial charge in [-0.1, -0.05) is 0 Å². The summed E-state index contributed by atoms with van der Waals surface area (Å²) in [5.41, 5.74) is 8.66. The Hall–Kier alpha value is -2.04. The van der Waals surface area contributed by atoms with Crippen molar-refractivity contribution in [3.8, 4) is 0 Å². The van der Waals surface area contributed by atoms with Gasteiger partial charge in [-0.25, -0.2) is 4.98 Å². The number of aryl methyl sites for hydroxylation is 1. The van der Waals surface area contributed by atoms with Gasteiger partial charge in [-0.05, 0) is 18.6 Å². The average Bonchev–Trinajstić information content (AvgIpc) is 2.73. The Balaban J connectivity index is 2.08. The van der Waals surface area contributed by atoms with E-state index in [4.69, 9.17) is 5.73 Å². The molecule has 5 nitrogen and oxygen atoms in total. The molecular formula is C10H13N5. The zero-order chi connectivity index (χ0) is 10.7. The van der Waals surface area contributed by atoms with Crippen molar-refractivity contribution in [3.63, 3.8) is 0 Å². The Morgan fingerprint density at radius 2 is 2.40 bits per heavy atom. The van der Waals surface area contributed by atoms with Crippen LogP contribution in [0.2, 0.25) is 0 Å². The van der Waals surface area contributed by atoms with Gasteiger partial charge in [0, 0.05) is 24.5 Å². The summed E-state index contributed by atoms with van der Waals surface area (Å²) >= 11 is 0. The van der Waals surface area contributed by atoms with Crippen LogP contribution in [0.3, 0.4) is 0 Å². The lowest BCUT2D eigenvalue weighted by molar-refractivity contribution is 1.09. The van der Waals surface area contributed by atoms with Crippen LogP contribution in [-0.4, -0.2) is 15.2 Å². The van der Waals surface area contributed by atoms with Crippen LogP contribution in [-0.2, 0) is 6.54 Å². The van der Waals surface area contributed by atoms with E-state index in [0.29, 0.717) is 12.2 Å². The minimum atomic E-state index is 0.664. The van der Waals surface area contributed by atoms with Gasteiger partial charge in [-0.3, -0.25) is 5.10 Å². The molecule has 0 saturated heterocycles. The second-order valence-electron chi connectivity index (χ2n) is 3.35. The predicted octanol–water partition coefficient (Wildman–Crippen LogP) is 1.31. The smallest absolute Gasteiger partial charge is 0.149 e. The predicted molar refractivity (Wildman–Crippen MR) is 59.3 cm³/mol. The number of pyridine rings is 1. The molecule has 0 fully saturated rings. The molecule has 5 heteroatoms. The molecule has 78 valence electrons. The second kappa shape index (κ2) is 4.00. The fraction of sp³-hybridized carbons (Fsp3) is 0.200. The minimum absolute atomic E-state index is 0.664. The Bertz CT molecular complexity index is 435. The molecule has 4 N–H and O–H groups in total. The second-order valence-corrected chi connectivity index (χ2v) is 3.35. The molecule has 2 heterocycles. The molecule has 0 aromatic carbocycles. The summed E-state index contributed by atoms with van der Waals surface area (Å²) < 4.78 is 0. The first-order chi connectivity index (χ1) is 7.27. The van der Waals surface area contributed by atoms with Crippen LogP contribution in [0.15, 0.2) is 24.7 Å². The van der Waals surface area contributed by atoms with Crippen LogP contribution < -0.4 is 11.1 Å². The molecule has 2 rings (SSSR count). The largest absolute Gasteiger partial charge is 0.396 e. The number of aromatic nitrogens is 3. The van der Waals surface area contributed by atoms with Crippen molar-refractivity contribution in [3.05, 3.63) is 35.8 Å². The molecular weight excluding hydrogens is 190 g/mol. The highest BCUT2D eigenvalue weighted by atomic mass is 15.1. The fourth-order valence-corrected chi connectivity index (χ4v) is 1.27. The Morgan fingerprint density at radius 1 is 1.53 bits per heavy atom. The molecule has 2 aromatic heterocycles. The van der Waals surface area contributed by atoms with E-state index >= 15 is 0 Å². The number of nitrogens with zero attached hydrogens (tertiary/aromatic N) is 2. The molecule has 2 aromatic rings. The van der Waals surface area contributed by atoms with Crippen LogP contribution in [0.5, 0.6) is 0 Å². The molecule has 0 bridgehead atoms. The average molecular weight is 203 g/mol. The van der Waals surface area contributed by atoms with Crippen LogP contribution in [0.25, 0.3) is 0 Å². The summed E-state index contributed by atoms with van der Waals surface area (Å²) in [4.78, 5) is 4.17.